The zero-order valence-electron chi connectivity index (χ0n) is 9.28. The van der Waals surface area contributed by atoms with Gasteiger partial charge in [0.25, 0.3) is 0 Å². The van der Waals surface area contributed by atoms with Gasteiger partial charge in [0.15, 0.2) is 0 Å². The molecule has 1 heterocycles. The van der Waals surface area contributed by atoms with Crippen molar-refractivity contribution in [1.29, 1.82) is 0 Å². The molecule has 2 rings (SSSR count). The third kappa shape index (κ3) is 2.12. The average molecular weight is 197 g/mol. The van der Waals surface area contributed by atoms with Crippen molar-refractivity contribution in [2.75, 3.05) is 19.7 Å². The van der Waals surface area contributed by atoms with Crippen molar-refractivity contribution >= 4 is 0 Å². The minimum absolute atomic E-state index is 0.389. The van der Waals surface area contributed by atoms with Crippen molar-refractivity contribution in [3.63, 3.8) is 0 Å². The maximum atomic E-state index is 8.97. The predicted molar refractivity (Wildman–Crippen MR) is 58.2 cm³/mol. The first kappa shape index (κ1) is 10.4. The first-order valence-corrected chi connectivity index (χ1v) is 6.18. The van der Waals surface area contributed by atoms with Gasteiger partial charge in [-0.1, -0.05) is 26.2 Å². The monoisotopic (exact) mass is 197 g/mol. The Hall–Kier alpha value is -0.0800. The summed E-state index contributed by atoms with van der Waals surface area (Å²) in [6.45, 7) is 5.01. The maximum Gasteiger partial charge on any atom is 0.0483 e. The lowest BCUT2D eigenvalue weighted by Gasteiger charge is -2.46. The van der Waals surface area contributed by atoms with Gasteiger partial charge in [0.2, 0.25) is 0 Å². The van der Waals surface area contributed by atoms with E-state index in [0.717, 1.165) is 25.0 Å². The van der Waals surface area contributed by atoms with Gasteiger partial charge in [-0.05, 0) is 18.8 Å². The molecule has 2 fully saturated rings. The van der Waals surface area contributed by atoms with Crippen molar-refractivity contribution in [2.24, 2.45) is 11.8 Å². The molecule has 2 nitrogen and oxygen atoms in total. The van der Waals surface area contributed by atoms with Crippen LogP contribution in [0.4, 0.5) is 0 Å². The summed E-state index contributed by atoms with van der Waals surface area (Å²) < 4.78 is 0. The highest BCUT2D eigenvalue weighted by Crippen LogP contribution is 2.32. The van der Waals surface area contributed by atoms with Crippen LogP contribution in [0.25, 0.3) is 0 Å². The minimum Gasteiger partial charge on any atom is -0.396 e. The van der Waals surface area contributed by atoms with Crippen molar-refractivity contribution in [1.82, 2.24) is 4.90 Å². The van der Waals surface area contributed by atoms with Crippen LogP contribution in [-0.4, -0.2) is 35.7 Å². The highest BCUT2D eigenvalue weighted by molar-refractivity contribution is 4.88. The van der Waals surface area contributed by atoms with Crippen LogP contribution in [0.15, 0.2) is 0 Å². The van der Waals surface area contributed by atoms with Crippen LogP contribution < -0.4 is 0 Å². The maximum absolute atomic E-state index is 8.97. The first-order chi connectivity index (χ1) is 6.83. The summed E-state index contributed by atoms with van der Waals surface area (Å²) in [6, 6.07) is 0.844. The third-order valence-corrected chi connectivity index (χ3v) is 4.09. The van der Waals surface area contributed by atoms with Crippen molar-refractivity contribution in [3.05, 3.63) is 0 Å². The summed E-state index contributed by atoms with van der Waals surface area (Å²) in [5.41, 5.74) is 0. The van der Waals surface area contributed by atoms with E-state index in [1.165, 1.54) is 32.1 Å². The Kier molecular flexibility index (Phi) is 3.45. The molecule has 0 aromatic rings. The van der Waals surface area contributed by atoms with Crippen LogP contribution in [0.5, 0.6) is 0 Å². The van der Waals surface area contributed by atoms with E-state index in [4.69, 9.17) is 5.11 Å². The number of hydrogen-bond donors (Lipinski definition) is 1. The molecule has 1 saturated heterocycles. The summed E-state index contributed by atoms with van der Waals surface area (Å²) in [6.07, 6.45) is 7.03. The normalized spacial score (nSPS) is 35.6. The molecule has 2 unspecified atom stereocenters. The van der Waals surface area contributed by atoms with Gasteiger partial charge in [0.1, 0.15) is 0 Å². The molecule has 1 aliphatic carbocycles. The molecule has 0 radical (unpaired) electrons. The van der Waals surface area contributed by atoms with Crippen LogP contribution in [0, 0.1) is 11.8 Å². The summed E-state index contributed by atoms with van der Waals surface area (Å²) in [5, 5.41) is 8.97. The Bertz CT molecular complexity index is 177. The van der Waals surface area contributed by atoms with Gasteiger partial charge in [-0.15, -0.1) is 0 Å². The number of rotatable bonds is 3. The van der Waals surface area contributed by atoms with E-state index in [0.29, 0.717) is 12.5 Å². The molecule has 0 aromatic carbocycles. The molecule has 0 bridgehead atoms. The summed E-state index contributed by atoms with van der Waals surface area (Å²) >= 11 is 0. The number of nitrogens with zero attached hydrogens (tertiary/aromatic N) is 1. The fourth-order valence-corrected chi connectivity index (χ4v) is 2.99. The average Bonchev–Trinajstić information content (AvgIpc) is 2.17. The molecule has 1 aliphatic heterocycles. The van der Waals surface area contributed by atoms with Crippen LogP contribution in [0.2, 0.25) is 0 Å². The van der Waals surface area contributed by atoms with Gasteiger partial charge in [-0.25, -0.2) is 0 Å². The molecule has 82 valence electrons. The Morgan fingerprint density at radius 2 is 2.00 bits per heavy atom. The van der Waals surface area contributed by atoms with E-state index in [-0.39, 0.29) is 0 Å². The zero-order valence-corrected chi connectivity index (χ0v) is 9.28. The zero-order chi connectivity index (χ0) is 9.97. The standard InChI is InChI=1S/C12H23NO/c1-2-10-4-3-5-12(6-10)13-7-11(8-13)9-14/h10-12,14H,2-9H2,1H3. The summed E-state index contributed by atoms with van der Waals surface area (Å²) in [7, 11) is 0. The molecule has 2 atom stereocenters. The number of aliphatic hydroxyl groups is 1. The molecule has 0 aromatic heterocycles. The van der Waals surface area contributed by atoms with Gasteiger partial charge in [0.05, 0.1) is 0 Å². The van der Waals surface area contributed by atoms with E-state index in [1.807, 2.05) is 0 Å². The topological polar surface area (TPSA) is 23.5 Å². The van der Waals surface area contributed by atoms with Crippen molar-refractivity contribution in [2.45, 2.75) is 45.1 Å². The predicted octanol–water partition coefficient (Wildman–Crippen LogP) is 1.88. The lowest BCUT2D eigenvalue weighted by atomic mass is 9.81. The molecule has 0 spiro atoms. The molecule has 0 amide bonds. The highest BCUT2D eigenvalue weighted by atomic mass is 16.3. The molecule has 2 aliphatic rings. The minimum atomic E-state index is 0.389. The van der Waals surface area contributed by atoms with Gasteiger partial charge in [0, 0.05) is 31.7 Å². The molecular formula is C12H23NO. The van der Waals surface area contributed by atoms with Gasteiger partial charge >= 0.3 is 0 Å². The second-order valence-corrected chi connectivity index (χ2v) is 5.10. The fraction of sp³-hybridized carbons (Fsp3) is 1.00. The Morgan fingerprint density at radius 1 is 1.21 bits per heavy atom. The van der Waals surface area contributed by atoms with Crippen LogP contribution in [0.1, 0.15) is 39.0 Å². The lowest BCUT2D eigenvalue weighted by molar-refractivity contribution is -0.000981. The largest absolute Gasteiger partial charge is 0.396 e. The van der Waals surface area contributed by atoms with Crippen molar-refractivity contribution < 1.29 is 5.11 Å². The molecule has 2 heteroatoms. The Balaban J connectivity index is 1.75. The number of likely N-dealkylation sites (tertiary alicyclic amines) is 1. The second kappa shape index (κ2) is 4.63. The van der Waals surface area contributed by atoms with Gasteiger partial charge in [-0.2, -0.15) is 0 Å². The molecule has 14 heavy (non-hydrogen) atoms. The summed E-state index contributed by atoms with van der Waals surface area (Å²) in [4.78, 5) is 2.59. The molecular weight excluding hydrogens is 174 g/mol. The Labute approximate surface area is 87.3 Å². The van der Waals surface area contributed by atoms with E-state index in [2.05, 4.69) is 11.8 Å². The Morgan fingerprint density at radius 3 is 2.64 bits per heavy atom. The highest BCUT2D eigenvalue weighted by Gasteiger charge is 2.33. The smallest absolute Gasteiger partial charge is 0.0483 e. The quantitative estimate of drug-likeness (QED) is 0.746. The van der Waals surface area contributed by atoms with Crippen LogP contribution >= 0.6 is 0 Å². The van der Waals surface area contributed by atoms with Gasteiger partial charge in [-0.3, -0.25) is 4.90 Å². The third-order valence-electron chi connectivity index (χ3n) is 4.09. The lowest BCUT2D eigenvalue weighted by Crippen LogP contribution is -2.54. The van der Waals surface area contributed by atoms with Crippen LogP contribution in [0.3, 0.4) is 0 Å². The number of hydrogen-bond acceptors (Lipinski definition) is 2. The number of aliphatic hydroxyl groups excluding tert-OH is 1. The second-order valence-electron chi connectivity index (χ2n) is 5.10. The summed E-state index contributed by atoms with van der Waals surface area (Å²) in [5.74, 6) is 1.55. The SMILES string of the molecule is CCC1CCCC(N2CC(CO)C2)C1. The van der Waals surface area contributed by atoms with Gasteiger partial charge < -0.3 is 5.11 Å². The van der Waals surface area contributed by atoms with Crippen molar-refractivity contribution in [3.8, 4) is 0 Å². The van der Waals surface area contributed by atoms with E-state index < -0.39 is 0 Å². The van der Waals surface area contributed by atoms with E-state index in [9.17, 15) is 0 Å². The van der Waals surface area contributed by atoms with E-state index in [1.54, 1.807) is 0 Å². The first-order valence-electron chi connectivity index (χ1n) is 6.18. The molecule has 1 N–H and O–H groups in total. The fourth-order valence-electron chi connectivity index (χ4n) is 2.99. The van der Waals surface area contributed by atoms with E-state index >= 15 is 0 Å². The molecule has 1 saturated carbocycles. The van der Waals surface area contributed by atoms with Crippen LogP contribution in [-0.2, 0) is 0 Å².